The van der Waals surface area contributed by atoms with E-state index in [-0.39, 0.29) is 25.7 Å². The number of aliphatic hydroxyl groups excluding tert-OH is 1. The topological polar surface area (TPSA) is 237 Å². The van der Waals surface area contributed by atoms with Crippen LogP contribution >= 0.6 is 15.6 Å². The van der Waals surface area contributed by atoms with Crippen LogP contribution in [0.15, 0.2) is 231 Å². The third-order valence-corrected chi connectivity index (χ3v) is 18.5. The summed E-state index contributed by atoms with van der Waals surface area (Å²) in [7, 11) is -10.1. The number of rotatable bonds is 77. The summed E-state index contributed by atoms with van der Waals surface area (Å²) in [4.78, 5) is 73.2. The zero-order valence-electron chi connectivity index (χ0n) is 70.1. The van der Waals surface area contributed by atoms with Crippen molar-refractivity contribution in [2.45, 2.75) is 303 Å². The number of carbonyl (C=O) groups is 4. The Morgan fingerprint density at radius 3 is 0.754 bits per heavy atom. The average molecular weight is 1620 g/mol. The number of carbonyl (C=O) groups excluding carboxylic acids is 4. The predicted molar refractivity (Wildman–Crippen MR) is 472 cm³/mol. The minimum atomic E-state index is -5.04. The van der Waals surface area contributed by atoms with Crippen molar-refractivity contribution in [3.63, 3.8) is 0 Å². The molecule has 0 aromatic rings. The van der Waals surface area contributed by atoms with Gasteiger partial charge in [0, 0.05) is 25.7 Å². The average Bonchev–Trinajstić information content (AvgIpc) is 0.899. The van der Waals surface area contributed by atoms with Gasteiger partial charge in [0.2, 0.25) is 0 Å². The lowest BCUT2D eigenvalue weighted by Gasteiger charge is -2.21. The van der Waals surface area contributed by atoms with Gasteiger partial charge in [0.25, 0.3) is 0 Å². The van der Waals surface area contributed by atoms with Crippen LogP contribution in [0.2, 0.25) is 0 Å². The van der Waals surface area contributed by atoms with E-state index in [1.165, 1.54) is 57.8 Å². The Hall–Kier alpha value is -6.88. The minimum Gasteiger partial charge on any atom is -0.462 e. The van der Waals surface area contributed by atoms with Crippen molar-refractivity contribution in [1.82, 2.24) is 0 Å². The van der Waals surface area contributed by atoms with Gasteiger partial charge >= 0.3 is 39.5 Å². The van der Waals surface area contributed by atoms with Gasteiger partial charge in [-0.2, -0.15) is 0 Å². The Balaban J connectivity index is 5.64. The van der Waals surface area contributed by atoms with Crippen LogP contribution in [0.3, 0.4) is 0 Å². The molecule has 3 N–H and O–H groups in total. The van der Waals surface area contributed by atoms with E-state index in [0.29, 0.717) is 44.9 Å². The van der Waals surface area contributed by atoms with Crippen molar-refractivity contribution in [2.24, 2.45) is 0 Å². The predicted octanol–water partition coefficient (Wildman–Crippen LogP) is 25.8. The lowest BCUT2D eigenvalue weighted by molar-refractivity contribution is -0.161. The Morgan fingerprint density at radius 2 is 0.482 bits per heavy atom. The summed E-state index contributed by atoms with van der Waals surface area (Å²) in [6, 6.07) is 0. The van der Waals surface area contributed by atoms with Gasteiger partial charge < -0.3 is 33.8 Å². The molecule has 0 saturated heterocycles. The summed E-state index contributed by atoms with van der Waals surface area (Å²) in [6.45, 7) is 4.37. The van der Waals surface area contributed by atoms with Crippen molar-refractivity contribution in [3.05, 3.63) is 231 Å². The normalized spacial score (nSPS) is 14.9. The van der Waals surface area contributed by atoms with Gasteiger partial charge in [-0.1, -0.05) is 304 Å². The van der Waals surface area contributed by atoms with E-state index in [2.05, 4.69) is 210 Å². The lowest BCUT2D eigenvalue weighted by Crippen LogP contribution is -2.30. The molecule has 0 aliphatic carbocycles. The Kier molecular flexibility index (Phi) is 79.0. The van der Waals surface area contributed by atoms with Crippen LogP contribution in [0.5, 0.6) is 0 Å². The van der Waals surface area contributed by atoms with Gasteiger partial charge in [-0.15, -0.1) is 0 Å². The van der Waals surface area contributed by atoms with Crippen LogP contribution in [-0.4, -0.2) is 96.7 Å². The molecule has 0 aliphatic heterocycles. The SMILES string of the molecule is CC/C=C\C/C=C\C/C=C\C/C=C\C/C=C\CCCCCC(=O)OC[C@H](COP(=O)(O)OC[C@@H](O)COP(=O)(O)OC[C@@H](COC(=O)CCC/C=C\C/C=C\C/C=C\C/C=C\CCCCC)OC(=O)CC/C=C\C/C=C\C/C=C\C/C=C\C/C=C\CCCCC)OC(=O)CC/C=C\C/C=C\C/C=C\C/C=C\C/C=C\CCCCC. The molecule has 0 spiro atoms. The molecule has 2 unspecified atom stereocenters. The number of hydrogen-bond acceptors (Lipinski definition) is 15. The monoisotopic (exact) mass is 1620 g/mol. The van der Waals surface area contributed by atoms with Crippen LogP contribution in [0, 0.1) is 0 Å². The first-order chi connectivity index (χ1) is 55.7. The van der Waals surface area contributed by atoms with Crippen LogP contribution in [-0.2, 0) is 65.4 Å². The van der Waals surface area contributed by atoms with Gasteiger partial charge in [0.05, 0.1) is 26.4 Å². The Morgan fingerprint density at radius 1 is 0.254 bits per heavy atom. The molecule has 5 atom stereocenters. The third-order valence-electron chi connectivity index (χ3n) is 16.6. The number of phosphoric acid groups is 2. The lowest BCUT2D eigenvalue weighted by atomic mass is 10.1. The summed E-state index contributed by atoms with van der Waals surface area (Å²) in [5.74, 6) is -2.50. The maximum Gasteiger partial charge on any atom is 0.472 e. The number of hydrogen-bond donors (Lipinski definition) is 3. The van der Waals surface area contributed by atoms with E-state index in [9.17, 15) is 43.2 Å². The van der Waals surface area contributed by atoms with Crippen molar-refractivity contribution in [2.75, 3.05) is 39.6 Å². The number of allylic oxidation sites excluding steroid dienone is 38. The van der Waals surface area contributed by atoms with Gasteiger partial charge in [0.15, 0.2) is 12.2 Å². The molecule has 19 heteroatoms. The smallest absolute Gasteiger partial charge is 0.462 e. The second-order valence-corrected chi connectivity index (χ2v) is 30.2. The molecular weight excluding hydrogens is 1470 g/mol. The highest BCUT2D eigenvalue weighted by atomic mass is 31.2. The molecule has 0 saturated carbocycles. The van der Waals surface area contributed by atoms with E-state index in [4.69, 9.17) is 37.0 Å². The van der Waals surface area contributed by atoms with Crippen molar-refractivity contribution in [1.29, 1.82) is 0 Å². The van der Waals surface area contributed by atoms with Gasteiger partial charge in [0.1, 0.15) is 19.3 Å². The molecule has 114 heavy (non-hydrogen) atoms. The summed E-state index contributed by atoms with van der Waals surface area (Å²) >= 11 is 0. The minimum absolute atomic E-state index is 0.0502. The zero-order valence-corrected chi connectivity index (χ0v) is 71.9. The Labute approximate surface area is 689 Å². The number of aliphatic hydroxyl groups is 1. The summed E-state index contributed by atoms with van der Waals surface area (Å²) in [5.41, 5.74) is 0. The fourth-order valence-electron chi connectivity index (χ4n) is 10.1. The fraction of sp³-hybridized carbons (Fsp3) is 0.558. The van der Waals surface area contributed by atoms with E-state index in [1.54, 1.807) is 0 Å². The summed E-state index contributed by atoms with van der Waals surface area (Å²) < 4.78 is 68.5. The van der Waals surface area contributed by atoms with Crippen molar-refractivity contribution >= 4 is 39.5 Å². The standard InChI is InChI=1S/C95H148O17P2/c1-5-9-13-17-21-25-29-33-37-41-44-48-52-56-60-64-68-72-76-80-93(98)106-86-91(112-95(100)82-78-74-70-66-62-58-54-50-46-43-39-35-31-27-23-19-15-11-7-3)88-110-114(103,104)108-84-89(96)83-107-113(101,102)109-87-90(85-105-92(97)79-75-71-67-63-59-55-51-47-40-36-32-28-24-20-16-12-8-4)111-94(99)81-77-73-69-65-61-57-53-49-45-42-38-34-30-26-22-18-14-10-6-2/h9,13,21-28,33-40,44-46,48-51,55-58,60-63,67,69-70,73-74,89-91,96H,5-8,10-12,14-20,29-32,41-43,47,52-54,59,64-66,68,71-72,75-88H2,1-4H3,(H,101,102)(H,103,104)/b13-9-,25-21-,26-22-,27-23-,28-24-,37-33-,38-34-,39-35-,40-36-,48-44-,49-45-,50-46-,55-51-,60-56-,61-57-,62-58-,67-63-,73-69-,74-70-/t89-,90+,91+/m0/s1. The van der Waals surface area contributed by atoms with E-state index in [1.807, 2.05) is 48.6 Å². The van der Waals surface area contributed by atoms with Gasteiger partial charge in [-0.3, -0.25) is 37.3 Å². The van der Waals surface area contributed by atoms with E-state index >= 15 is 0 Å². The van der Waals surface area contributed by atoms with E-state index in [0.717, 1.165) is 128 Å². The van der Waals surface area contributed by atoms with Crippen molar-refractivity contribution in [3.8, 4) is 0 Å². The molecule has 0 amide bonds. The number of phosphoric ester groups is 2. The highest BCUT2D eigenvalue weighted by Crippen LogP contribution is 2.45. The summed E-state index contributed by atoms with van der Waals surface area (Å²) in [5, 5.41) is 10.7. The zero-order chi connectivity index (χ0) is 83.1. The molecule has 0 aromatic heterocycles. The highest BCUT2D eigenvalue weighted by Gasteiger charge is 2.30. The first kappa shape index (κ1) is 107. The fourth-order valence-corrected chi connectivity index (χ4v) is 11.7. The number of unbranched alkanes of at least 4 members (excludes halogenated alkanes) is 13. The first-order valence-electron chi connectivity index (χ1n) is 42.6. The second-order valence-electron chi connectivity index (χ2n) is 27.3. The number of ether oxygens (including phenoxy) is 4. The van der Waals surface area contributed by atoms with E-state index < -0.39 is 97.5 Å². The largest absolute Gasteiger partial charge is 0.472 e. The molecule has 0 bridgehead atoms. The molecule has 0 aliphatic rings. The highest BCUT2D eigenvalue weighted by molar-refractivity contribution is 7.47. The molecule has 0 aromatic carbocycles. The van der Waals surface area contributed by atoms with Crippen LogP contribution in [0.25, 0.3) is 0 Å². The molecule has 0 fully saturated rings. The van der Waals surface area contributed by atoms with Crippen LogP contribution in [0.1, 0.15) is 285 Å². The third kappa shape index (κ3) is 83.1. The molecule has 0 rings (SSSR count). The molecule has 640 valence electrons. The molecule has 17 nitrogen and oxygen atoms in total. The first-order valence-corrected chi connectivity index (χ1v) is 45.6. The number of esters is 4. The van der Waals surface area contributed by atoms with Gasteiger partial charge in [-0.05, 0) is 186 Å². The van der Waals surface area contributed by atoms with Gasteiger partial charge in [-0.25, -0.2) is 9.13 Å². The summed E-state index contributed by atoms with van der Waals surface area (Å²) in [6.07, 6.45) is 109. The van der Waals surface area contributed by atoms with Crippen molar-refractivity contribution < 1.29 is 80.2 Å². The Bertz CT molecular complexity index is 3070. The maximum atomic E-state index is 13.1. The molecule has 0 heterocycles. The maximum absolute atomic E-state index is 13.1. The van der Waals surface area contributed by atoms with Crippen LogP contribution in [0.4, 0.5) is 0 Å². The second kappa shape index (κ2) is 84.0. The quantitative estimate of drug-likeness (QED) is 0.0169. The van der Waals surface area contributed by atoms with Crippen LogP contribution < -0.4 is 0 Å². The molecule has 0 radical (unpaired) electrons. The molecular formula is C95H148O17P2.